The lowest BCUT2D eigenvalue weighted by Crippen LogP contribution is -2.40. The Hall–Kier alpha value is -0.340. The molecule has 0 spiro atoms. The molecular weight excluding hydrogens is 247 g/mol. The molecule has 4 nitrogen and oxygen atoms in total. The molecule has 0 aliphatic carbocycles. The lowest BCUT2D eigenvalue weighted by Gasteiger charge is -2.26. The number of hydrogen-bond acceptors (Lipinski definition) is 3. The second kappa shape index (κ2) is 5.33. The van der Waals surface area contributed by atoms with Gasteiger partial charge in [-0.2, -0.15) is 13.2 Å². The zero-order chi connectivity index (χ0) is 13.0. The maximum absolute atomic E-state index is 10.7. The number of rotatable bonds is 1. The molecule has 8 heteroatoms. The van der Waals surface area contributed by atoms with Gasteiger partial charge in [-0.1, -0.05) is 0 Å². The molecule has 1 saturated heterocycles. The Morgan fingerprint density at radius 1 is 1.25 bits per heavy atom. The van der Waals surface area contributed by atoms with Gasteiger partial charge in [0.15, 0.2) is 10.1 Å². The van der Waals surface area contributed by atoms with Crippen LogP contribution in [0, 0.1) is 0 Å². The van der Waals surface area contributed by atoms with E-state index in [0.717, 1.165) is 0 Å². The summed E-state index contributed by atoms with van der Waals surface area (Å²) in [6.45, 7) is 6.43. The van der Waals surface area contributed by atoms with Crippen molar-refractivity contribution in [1.82, 2.24) is 0 Å². The van der Waals surface area contributed by atoms with E-state index in [1.165, 1.54) is 37.0 Å². The predicted molar refractivity (Wildman–Crippen MR) is 51.4 cm³/mol. The van der Waals surface area contributed by atoms with Gasteiger partial charge in [-0.05, 0) is 6.92 Å². The first kappa shape index (κ1) is 15.7. The number of halogens is 3. The van der Waals surface area contributed by atoms with Gasteiger partial charge >= 0.3 is 5.51 Å². The minimum atomic E-state index is -6.09. The molecule has 0 saturated carbocycles. The van der Waals surface area contributed by atoms with Gasteiger partial charge in [0.1, 0.15) is 0 Å². The standard InChI is InChI=1S/C7H16N.CHF3O3S/c1-3-8(2)6-4-5-7-8;2-1(3,4)8(5,6)7/h3-7H2,1-2H3;(H,5,6,7)/q+1;/p-1. The molecular formula is C8H16F3NO3S. The van der Waals surface area contributed by atoms with Gasteiger partial charge in [0, 0.05) is 12.8 Å². The highest BCUT2D eigenvalue weighted by Gasteiger charge is 2.36. The molecule has 1 aliphatic rings. The van der Waals surface area contributed by atoms with Gasteiger partial charge in [0.2, 0.25) is 0 Å². The van der Waals surface area contributed by atoms with E-state index in [2.05, 4.69) is 14.0 Å². The molecule has 1 rings (SSSR count). The van der Waals surface area contributed by atoms with Crippen LogP contribution in [0.5, 0.6) is 0 Å². The first-order valence-electron chi connectivity index (χ1n) is 4.87. The summed E-state index contributed by atoms with van der Waals surface area (Å²) in [5.74, 6) is 0. The SMILES string of the molecule is CC[N+]1(C)CCCC1.O=S(=O)([O-])C(F)(F)F. The van der Waals surface area contributed by atoms with E-state index in [0.29, 0.717) is 0 Å². The van der Waals surface area contributed by atoms with Crippen molar-refractivity contribution in [3.63, 3.8) is 0 Å². The van der Waals surface area contributed by atoms with Crippen LogP contribution in [0.4, 0.5) is 13.2 Å². The summed E-state index contributed by atoms with van der Waals surface area (Å²) in [5, 5.41) is 0. The minimum absolute atomic E-state index is 1.32. The van der Waals surface area contributed by atoms with Crippen molar-refractivity contribution < 1.29 is 30.6 Å². The molecule has 0 amide bonds. The van der Waals surface area contributed by atoms with Gasteiger partial charge in [-0.15, -0.1) is 0 Å². The van der Waals surface area contributed by atoms with Crippen LogP contribution in [0.25, 0.3) is 0 Å². The van der Waals surface area contributed by atoms with Crippen LogP contribution in [0.1, 0.15) is 19.8 Å². The fourth-order valence-electron chi connectivity index (χ4n) is 1.42. The molecule has 0 atom stereocenters. The van der Waals surface area contributed by atoms with Gasteiger partial charge in [-0.25, -0.2) is 8.42 Å². The molecule has 0 N–H and O–H groups in total. The average Bonchev–Trinajstić information content (AvgIpc) is 2.51. The van der Waals surface area contributed by atoms with Crippen molar-refractivity contribution >= 4 is 10.1 Å². The van der Waals surface area contributed by atoms with Crippen LogP contribution in [-0.4, -0.2) is 49.6 Å². The first-order valence-corrected chi connectivity index (χ1v) is 6.28. The molecule has 0 radical (unpaired) electrons. The Labute approximate surface area is 93.4 Å². The van der Waals surface area contributed by atoms with Crippen molar-refractivity contribution in [3.8, 4) is 0 Å². The molecule has 16 heavy (non-hydrogen) atoms. The molecule has 1 heterocycles. The lowest BCUT2D eigenvalue weighted by atomic mass is 10.4. The summed E-state index contributed by atoms with van der Waals surface area (Å²) < 4.78 is 60.2. The second-order valence-electron chi connectivity index (χ2n) is 3.99. The molecule has 1 fully saturated rings. The molecule has 0 aromatic carbocycles. The van der Waals surface area contributed by atoms with E-state index in [4.69, 9.17) is 13.0 Å². The highest BCUT2D eigenvalue weighted by molar-refractivity contribution is 7.86. The Kier molecular flexibility index (Phi) is 5.21. The van der Waals surface area contributed by atoms with E-state index in [9.17, 15) is 13.2 Å². The van der Waals surface area contributed by atoms with E-state index in [-0.39, 0.29) is 0 Å². The summed E-state index contributed by atoms with van der Waals surface area (Å²) in [7, 11) is -3.74. The van der Waals surface area contributed by atoms with Gasteiger partial charge in [0.05, 0.1) is 26.7 Å². The van der Waals surface area contributed by atoms with Crippen LogP contribution in [0.3, 0.4) is 0 Å². The molecule has 0 aromatic rings. The maximum atomic E-state index is 10.7. The normalized spacial score (nSPS) is 20.1. The van der Waals surface area contributed by atoms with Gasteiger partial charge in [-0.3, -0.25) is 0 Å². The van der Waals surface area contributed by atoms with Crippen LogP contribution < -0.4 is 0 Å². The molecule has 0 aromatic heterocycles. The van der Waals surface area contributed by atoms with Crippen molar-refractivity contribution in [2.45, 2.75) is 25.3 Å². The summed E-state index contributed by atoms with van der Waals surface area (Å²) >= 11 is 0. The number of alkyl halides is 3. The van der Waals surface area contributed by atoms with Crippen molar-refractivity contribution in [3.05, 3.63) is 0 Å². The van der Waals surface area contributed by atoms with Crippen molar-refractivity contribution in [2.24, 2.45) is 0 Å². The fourth-order valence-corrected chi connectivity index (χ4v) is 1.42. The topological polar surface area (TPSA) is 57.2 Å². The Bertz CT molecular complexity index is 307. The van der Waals surface area contributed by atoms with E-state index in [1.807, 2.05) is 0 Å². The summed E-state index contributed by atoms with van der Waals surface area (Å²) in [6, 6.07) is 0. The predicted octanol–water partition coefficient (Wildman–Crippen LogP) is 1.30. The van der Waals surface area contributed by atoms with Crippen molar-refractivity contribution in [1.29, 1.82) is 0 Å². The maximum Gasteiger partial charge on any atom is 0.485 e. The molecule has 0 unspecified atom stereocenters. The van der Waals surface area contributed by atoms with Gasteiger partial charge < -0.3 is 9.04 Å². The summed E-state index contributed by atoms with van der Waals surface area (Å²) in [6.07, 6.45) is 2.90. The summed E-state index contributed by atoms with van der Waals surface area (Å²) in [4.78, 5) is 0. The van der Waals surface area contributed by atoms with Crippen LogP contribution in [0.2, 0.25) is 0 Å². The smallest absolute Gasteiger partial charge is 0.485 e. The van der Waals surface area contributed by atoms with Crippen LogP contribution >= 0.6 is 0 Å². The Balaban J connectivity index is 0.000000281. The molecule has 98 valence electrons. The second-order valence-corrected chi connectivity index (χ2v) is 5.36. The minimum Gasteiger partial charge on any atom is -0.741 e. The highest BCUT2D eigenvalue weighted by Crippen LogP contribution is 2.20. The molecule has 1 aliphatic heterocycles. The number of nitrogens with zero attached hydrogens (tertiary/aromatic N) is 1. The van der Waals surface area contributed by atoms with Crippen LogP contribution in [-0.2, 0) is 10.1 Å². The van der Waals surface area contributed by atoms with E-state index < -0.39 is 15.6 Å². The quantitative estimate of drug-likeness (QED) is 0.407. The molecule has 0 bridgehead atoms. The van der Waals surface area contributed by atoms with E-state index >= 15 is 0 Å². The number of hydrogen-bond donors (Lipinski definition) is 0. The largest absolute Gasteiger partial charge is 0.741 e. The number of likely N-dealkylation sites (tertiary alicyclic amines) is 1. The zero-order valence-electron chi connectivity index (χ0n) is 9.25. The monoisotopic (exact) mass is 263 g/mol. The third kappa shape index (κ3) is 5.13. The number of quaternary nitrogens is 1. The van der Waals surface area contributed by atoms with E-state index in [1.54, 1.807) is 0 Å². The van der Waals surface area contributed by atoms with Gasteiger partial charge in [0.25, 0.3) is 0 Å². The average molecular weight is 263 g/mol. The third-order valence-electron chi connectivity index (χ3n) is 2.69. The fraction of sp³-hybridized carbons (Fsp3) is 1.00. The Morgan fingerprint density at radius 3 is 1.69 bits per heavy atom. The lowest BCUT2D eigenvalue weighted by molar-refractivity contribution is -0.895. The third-order valence-corrected chi connectivity index (χ3v) is 3.26. The Morgan fingerprint density at radius 2 is 1.56 bits per heavy atom. The zero-order valence-corrected chi connectivity index (χ0v) is 10.1. The first-order chi connectivity index (χ1) is 7.02. The highest BCUT2D eigenvalue weighted by atomic mass is 32.2. The van der Waals surface area contributed by atoms with Crippen molar-refractivity contribution in [2.75, 3.05) is 26.7 Å². The summed E-state index contributed by atoms with van der Waals surface area (Å²) in [5.41, 5.74) is -5.65. The van der Waals surface area contributed by atoms with Crippen LogP contribution in [0.15, 0.2) is 0 Å².